The molecule has 0 bridgehead atoms. The topological polar surface area (TPSA) is 58.2 Å². The first-order chi connectivity index (χ1) is 16.9. The van der Waals surface area contributed by atoms with Crippen molar-refractivity contribution in [2.24, 2.45) is 0 Å². The van der Waals surface area contributed by atoms with E-state index in [1.54, 1.807) is 12.1 Å². The number of anilines is 1. The number of nitrogens with one attached hydrogen (secondary N) is 2. The largest absolute Gasteiger partial charge is 0.362 e. The number of halogens is 1. The van der Waals surface area contributed by atoms with Gasteiger partial charge in [0.1, 0.15) is 5.82 Å². The molecule has 0 spiro atoms. The highest BCUT2D eigenvalue weighted by atomic mass is 19.1. The molecule has 0 saturated heterocycles. The van der Waals surface area contributed by atoms with Crippen LogP contribution in [0.1, 0.15) is 48.3 Å². The summed E-state index contributed by atoms with van der Waals surface area (Å²) in [7, 11) is 0. The van der Waals surface area contributed by atoms with Crippen LogP contribution in [0.5, 0.6) is 0 Å². The number of benzene rings is 3. The van der Waals surface area contributed by atoms with Gasteiger partial charge < -0.3 is 10.6 Å². The van der Waals surface area contributed by atoms with E-state index in [0.29, 0.717) is 35.4 Å². The normalized spacial score (nSPS) is 19.8. The number of aryl methyl sites for hydroxylation is 1. The molecule has 5 rings (SSSR count). The predicted octanol–water partition coefficient (Wildman–Crippen LogP) is 6.13. The number of carbonyl (C=O) groups is 2. The summed E-state index contributed by atoms with van der Waals surface area (Å²) in [4.78, 5) is 27.2. The van der Waals surface area contributed by atoms with Gasteiger partial charge in [-0.15, -0.1) is 0 Å². The van der Waals surface area contributed by atoms with Gasteiger partial charge in [-0.05, 0) is 55.5 Å². The second kappa shape index (κ2) is 9.34. The highest BCUT2D eigenvalue weighted by molar-refractivity contribution is 6.10. The number of allylic oxidation sites excluding steroid dienone is 3. The van der Waals surface area contributed by atoms with Crippen molar-refractivity contribution < 1.29 is 14.0 Å². The first-order valence-electron chi connectivity index (χ1n) is 11.8. The highest BCUT2D eigenvalue weighted by Crippen LogP contribution is 2.45. The van der Waals surface area contributed by atoms with Gasteiger partial charge in [-0.25, -0.2) is 4.39 Å². The summed E-state index contributed by atoms with van der Waals surface area (Å²) in [5.41, 5.74) is 6.20. The fraction of sp³-hybridized carbons (Fsp3) is 0.200. The molecule has 35 heavy (non-hydrogen) atoms. The zero-order valence-corrected chi connectivity index (χ0v) is 19.8. The molecule has 1 aliphatic carbocycles. The fourth-order valence-electron chi connectivity index (χ4n) is 5.16. The summed E-state index contributed by atoms with van der Waals surface area (Å²) in [6.45, 7) is 3.87. The van der Waals surface area contributed by atoms with E-state index in [0.717, 1.165) is 22.4 Å². The Balaban J connectivity index is 1.56. The fourth-order valence-corrected chi connectivity index (χ4v) is 5.16. The van der Waals surface area contributed by atoms with Crippen LogP contribution in [0.25, 0.3) is 0 Å². The molecule has 1 amide bonds. The number of hydrogen-bond acceptors (Lipinski definition) is 3. The lowest BCUT2D eigenvalue weighted by Crippen LogP contribution is -2.37. The van der Waals surface area contributed by atoms with Gasteiger partial charge in [-0.1, -0.05) is 66.2 Å². The van der Waals surface area contributed by atoms with Crippen molar-refractivity contribution in [2.45, 2.75) is 38.5 Å². The minimum atomic E-state index is -0.496. The molecule has 0 unspecified atom stereocenters. The van der Waals surface area contributed by atoms with Gasteiger partial charge in [0.2, 0.25) is 0 Å². The molecule has 176 valence electrons. The van der Waals surface area contributed by atoms with Crippen molar-refractivity contribution >= 4 is 17.4 Å². The van der Waals surface area contributed by atoms with Crippen molar-refractivity contribution in [2.75, 3.05) is 5.32 Å². The van der Waals surface area contributed by atoms with Gasteiger partial charge in [0.25, 0.3) is 5.91 Å². The lowest BCUT2D eigenvalue weighted by molar-refractivity contribution is -0.116. The molecule has 0 fully saturated rings. The van der Waals surface area contributed by atoms with Gasteiger partial charge in [-0.2, -0.15) is 0 Å². The van der Waals surface area contributed by atoms with Crippen LogP contribution in [0.3, 0.4) is 0 Å². The summed E-state index contributed by atoms with van der Waals surface area (Å²) < 4.78 is 13.7. The Kier molecular flexibility index (Phi) is 6.08. The summed E-state index contributed by atoms with van der Waals surface area (Å²) in [5.74, 6) is -1.14. The summed E-state index contributed by atoms with van der Waals surface area (Å²) >= 11 is 0. The smallest absolute Gasteiger partial charge is 0.254 e. The molecule has 1 heterocycles. The van der Waals surface area contributed by atoms with Crippen molar-refractivity contribution in [3.8, 4) is 0 Å². The standard InChI is InChI=1S/C30H27FN2O2/c1-18-11-13-21(14-12-18)28-27(30(35)33-24-10-6-9-23(31)17-24)19(2)32-25-15-22(16-26(34)29(25)28)20-7-4-3-5-8-20/h3-14,17,22,28,32H,15-16H2,1-2H3,(H,33,35)/t22-,28+/m0/s1. The van der Waals surface area contributed by atoms with Crippen molar-refractivity contribution in [3.05, 3.63) is 124 Å². The predicted molar refractivity (Wildman–Crippen MR) is 135 cm³/mol. The summed E-state index contributed by atoms with van der Waals surface area (Å²) in [5, 5.41) is 6.22. The molecule has 1 aliphatic heterocycles. The van der Waals surface area contributed by atoms with Crippen molar-refractivity contribution in [3.63, 3.8) is 0 Å². The number of amides is 1. The highest BCUT2D eigenvalue weighted by Gasteiger charge is 2.40. The van der Waals surface area contributed by atoms with Crippen LogP contribution in [-0.4, -0.2) is 11.7 Å². The second-order valence-corrected chi connectivity index (χ2v) is 9.30. The third-order valence-electron chi connectivity index (χ3n) is 6.84. The average molecular weight is 467 g/mol. The number of carbonyl (C=O) groups excluding carboxylic acids is 2. The molecule has 0 saturated carbocycles. The number of Topliss-reactive ketones (excluding diaryl/α,β-unsaturated/α-hetero) is 1. The zero-order valence-electron chi connectivity index (χ0n) is 19.8. The van der Waals surface area contributed by atoms with E-state index >= 15 is 0 Å². The van der Waals surface area contributed by atoms with Crippen molar-refractivity contribution in [1.29, 1.82) is 0 Å². The van der Waals surface area contributed by atoms with E-state index in [-0.39, 0.29) is 17.6 Å². The van der Waals surface area contributed by atoms with Gasteiger partial charge in [0, 0.05) is 40.6 Å². The molecule has 5 heteroatoms. The molecule has 2 N–H and O–H groups in total. The quantitative estimate of drug-likeness (QED) is 0.486. The van der Waals surface area contributed by atoms with Crippen LogP contribution in [0.4, 0.5) is 10.1 Å². The van der Waals surface area contributed by atoms with Crippen LogP contribution in [0.2, 0.25) is 0 Å². The molecule has 0 aromatic heterocycles. The number of hydrogen-bond donors (Lipinski definition) is 2. The third-order valence-corrected chi connectivity index (χ3v) is 6.84. The van der Waals surface area contributed by atoms with Gasteiger partial charge >= 0.3 is 0 Å². The van der Waals surface area contributed by atoms with E-state index in [9.17, 15) is 14.0 Å². The SMILES string of the molecule is CC1=C(C(=O)Nc2cccc(F)c2)[C@@H](c2ccc(C)cc2)C2=C(C[C@H](c3ccccc3)CC2=O)N1. The molecule has 4 nitrogen and oxygen atoms in total. The summed E-state index contributed by atoms with van der Waals surface area (Å²) in [6, 6.07) is 23.8. The second-order valence-electron chi connectivity index (χ2n) is 9.30. The summed E-state index contributed by atoms with van der Waals surface area (Å²) in [6.07, 6.45) is 1.09. The molecule has 2 atom stereocenters. The van der Waals surface area contributed by atoms with Gasteiger partial charge in [0.05, 0.1) is 0 Å². The lowest BCUT2D eigenvalue weighted by atomic mass is 9.71. The van der Waals surface area contributed by atoms with Crippen LogP contribution in [-0.2, 0) is 9.59 Å². The van der Waals surface area contributed by atoms with E-state index in [1.807, 2.05) is 56.3 Å². The third kappa shape index (κ3) is 4.54. The van der Waals surface area contributed by atoms with Gasteiger partial charge in [-0.3, -0.25) is 9.59 Å². The maximum atomic E-state index is 13.7. The van der Waals surface area contributed by atoms with Crippen LogP contribution < -0.4 is 10.6 Å². The first-order valence-corrected chi connectivity index (χ1v) is 11.8. The molecule has 2 aliphatic rings. The Labute approximate surface area is 204 Å². The Morgan fingerprint density at radius 1 is 0.914 bits per heavy atom. The van der Waals surface area contributed by atoms with Crippen LogP contribution >= 0.6 is 0 Å². The Morgan fingerprint density at radius 3 is 2.37 bits per heavy atom. The molecule has 0 radical (unpaired) electrons. The monoisotopic (exact) mass is 466 g/mol. The van der Waals surface area contributed by atoms with Crippen molar-refractivity contribution in [1.82, 2.24) is 5.32 Å². The average Bonchev–Trinajstić information content (AvgIpc) is 2.84. The minimum absolute atomic E-state index is 0.0433. The van der Waals surface area contributed by atoms with E-state index < -0.39 is 11.7 Å². The first kappa shape index (κ1) is 22.8. The Bertz CT molecular complexity index is 1360. The zero-order chi connectivity index (χ0) is 24.5. The molecule has 3 aromatic rings. The van der Waals surface area contributed by atoms with E-state index in [1.165, 1.54) is 12.1 Å². The molecular formula is C30H27FN2O2. The van der Waals surface area contributed by atoms with Crippen LogP contribution in [0, 0.1) is 12.7 Å². The molecule has 3 aromatic carbocycles. The van der Waals surface area contributed by atoms with E-state index in [2.05, 4.69) is 22.8 Å². The maximum Gasteiger partial charge on any atom is 0.254 e. The maximum absolute atomic E-state index is 13.7. The Hall–Kier alpha value is -3.99. The van der Waals surface area contributed by atoms with Gasteiger partial charge in [0.15, 0.2) is 5.78 Å². The lowest BCUT2D eigenvalue weighted by Gasteiger charge is -2.37. The minimum Gasteiger partial charge on any atom is -0.362 e. The molecular weight excluding hydrogens is 439 g/mol. The number of dihydropyridines is 1. The Morgan fingerprint density at radius 2 is 1.66 bits per heavy atom. The number of ketones is 1. The van der Waals surface area contributed by atoms with Crippen LogP contribution in [0.15, 0.2) is 101 Å². The van der Waals surface area contributed by atoms with E-state index in [4.69, 9.17) is 0 Å². The number of rotatable bonds is 4.